The number of halogens is 1. The van der Waals surface area contributed by atoms with Gasteiger partial charge in [-0.1, -0.05) is 11.6 Å². The summed E-state index contributed by atoms with van der Waals surface area (Å²) >= 11 is 5.92. The van der Waals surface area contributed by atoms with Crippen LogP contribution >= 0.6 is 11.6 Å². The Hall–Kier alpha value is -1.64. The zero-order valence-electron chi connectivity index (χ0n) is 7.55. The highest BCUT2D eigenvalue weighted by Crippen LogP contribution is 2.22. The first-order valence-electron chi connectivity index (χ1n) is 4.15. The molecule has 1 aromatic carbocycles. The average Bonchev–Trinajstić information content (AvgIpc) is 2.20. The SMILES string of the molecule is C#CCCNc1ccc(C#N)cc1Cl. The van der Waals surface area contributed by atoms with E-state index in [1.807, 2.05) is 6.07 Å². The molecule has 2 nitrogen and oxygen atoms in total. The van der Waals surface area contributed by atoms with E-state index in [1.54, 1.807) is 18.2 Å². The second kappa shape index (κ2) is 5.17. The van der Waals surface area contributed by atoms with E-state index < -0.39 is 0 Å². The average molecular weight is 205 g/mol. The van der Waals surface area contributed by atoms with E-state index in [-0.39, 0.29) is 0 Å². The number of terminal acetylenes is 1. The third-order valence-electron chi connectivity index (χ3n) is 1.68. The second-order valence-electron chi connectivity index (χ2n) is 2.69. The maximum Gasteiger partial charge on any atom is 0.0992 e. The smallest absolute Gasteiger partial charge is 0.0992 e. The maximum atomic E-state index is 8.61. The minimum atomic E-state index is 0.543. The topological polar surface area (TPSA) is 35.8 Å². The molecule has 0 saturated carbocycles. The van der Waals surface area contributed by atoms with Gasteiger partial charge in [0.25, 0.3) is 0 Å². The molecule has 0 unspecified atom stereocenters. The van der Waals surface area contributed by atoms with Gasteiger partial charge in [-0.15, -0.1) is 12.3 Å². The van der Waals surface area contributed by atoms with Crippen molar-refractivity contribution in [3.05, 3.63) is 28.8 Å². The number of hydrogen-bond acceptors (Lipinski definition) is 2. The van der Waals surface area contributed by atoms with E-state index in [1.165, 1.54) is 0 Å². The standard InChI is InChI=1S/C11H9ClN2/c1-2-3-6-14-11-5-4-9(8-13)7-10(11)12/h1,4-5,7,14H,3,6H2. The Morgan fingerprint density at radius 1 is 1.50 bits per heavy atom. The van der Waals surface area contributed by atoms with Crippen molar-refractivity contribution in [3.8, 4) is 18.4 Å². The Morgan fingerprint density at radius 2 is 2.29 bits per heavy atom. The molecule has 0 saturated heterocycles. The van der Waals surface area contributed by atoms with Crippen LogP contribution < -0.4 is 5.32 Å². The van der Waals surface area contributed by atoms with Crippen molar-refractivity contribution in [2.24, 2.45) is 0 Å². The molecule has 0 aliphatic carbocycles. The molecule has 1 aromatic rings. The van der Waals surface area contributed by atoms with Crippen molar-refractivity contribution < 1.29 is 0 Å². The van der Waals surface area contributed by atoms with Crippen molar-refractivity contribution in [2.75, 3.05) is 11.9 Å². The van der Waals surface area contributed by atoms with Gasteiger partial charge in [0, 0.05) is 13.0 Å². The maximum absolute atomic E-state index is 8.61. The van der Waals surface area contributed by atoms with Gasteiger partial charge in [-0.05, 0) is 18.2 Å². The Labute approximate surface area is 88.5 Å². The number of nitrogens with zero attached hydrogens (tertiary/aromatic N) is 1. The number of hydrogen-bond donors (Lipinski definition) is 1. The highest BCUT2D eigenvalue weighted by molar-refractivity contribution is 6.33. The molecule has 70 valence electrons. The summed E-state index contributed by atoms with van der Waals surface area (Å²) in [6.45, 7) is 0.683. The molecule has 1 rings (SSSR count). The van der Waals surface area contributed by atoms with Crippen molar-refractivity contribution in [3.63, 3.8) is 0 Å². The van der Waals surface area contributed by atoms with Crippen LogP contribution in [-0.2, 0) is 0 Å². The summed E-state index contributed by atoms with van der Waals surface area (Å²) in [5.41, 5.74) is 1.36. The number of benzene rings is 1. The summed E-state index contributed by atoms with van der Waals surface area (Å²) in [4.78, 5) is 0. The van der Waals surface area contributed by atoms with Crippen molar-refractivity contribution in [1.29, 1.82) is 5.26 Å². The van der Waals surface area contributed by atoms with Gasteiger partial charge in [-0.3, -0.25) is 0 Å². The van der Waals surface area contributed by atoms with Crippen LogP contribution in [0.4, 0.5) is 5.69 Å². The predicted octanol–water partition coefficient (Wildman–Crippen LogP) is 2.65. The van der Waals surface area contributed by atoms with Gasteiger partial charge in [0.05, 0.1) is 22.3 Å². The number of anilines is 1. The van der Waals surface area contributed by atoms with Crippen LogP contribution in [-0.4, -0.2) is 6.54 Å². The third-order valence-corrected chi connectivity index (χ3v) is 2.00. The normalized spacial score (nSPS) is 8.79. The Bertz CT molecular complexity index is 399. The lowest BCUT2D eigenvalue weighted by molar-refractivity contribution is 1.10. The molecular weight excluding hydrogens is 196 g/mol. The summed E-state index contributed by atoms with van der Waals surface area (Å²) < 4.78 is 0. The Morgan fingerprint density at radius 3 is 2.86 bits per heavy atom. The van der Waals surface area contributed by atoms with Crippen molar-refractivity contribution in [1.82, 2.24) is 0 Å². The largest absolute Gasteiger partial charge is 0.383 e. The van der Waals surface area contributed by atoms with Gasteiger partial charge in [-0.2, -0.15) is 5.26 Å². The zero-order valence-corrected chi connectivity index (χ0v) is 8.30. The second-order valence-corrected chi connectivity index (χ2v) is 3.09. The lowest BCUT2D eigenvalue weighted by atomic mass is 10.2. The molecule has 14 heavy (non-hydrogen) atoms. The molecule has 0 bridgehead atoms. The minimum absolute atomic E-state index is 0.543. The summed E-state index contributed by atoms with van der Waals surface area (Å²) in [6.07, 6.45) is 5.76. The van der Waals surface area contributed by atoms with Gasteiger partial charge in [0.1, 0.15) is 0 Å². The first-order valence-corrected chi connectivity index (χ1v) is 4.52. The fourth-order valence-electron chi connectivity index (χ4n) is 0.997. The highest BCUT2D eigenvalue weighted by Gasteiger charge is 1.99. The van der Waals surface area contributed by atoms with Gasteiger partial charge in [0.15, 0.2) is 0 Å². The Balaban J connectivity index is 2.71. The van der Waals surface area contributed by atoms with E-state index in [4.69, 9.17) is 23.3 Å². The van der Waals surface area contributed by atoms with Crippen LogP contribution in [0, 0.1) is 23.7 Å². The van der Waals surface area contributed by atoms with Crippen molar-refractivity contribution >= 4 is 17.3 Å². The minimum Gasteiger partial charge on any atom is -0.383 e. The summed E-state index contributed by atoms with van der Waals surface area (Å²) in [5.74, 6) is 2.52. The predicted molar refractivity (Wildman–Crippen MR) is 58.1 cm³/mol. The van der Waals surface area contributed by atoms with Gasteiger partial charge >= 0.3 is 0 Å². The van der Waals surface area contributed by atoms with Crippen LogP contribution in [0.5, 0.6) is 0 Å². The van der Waals surface area contributed by atoms with Crippen LogP contribution in [0.15, 0.2) is 18.2 Å². The van der Waals surface area contributed by atoms with Crippen LogP contribution in [0.1, 0.15) is 12.0 Å². The molecule has 0 aliphatic heterocycles. The van der Waals surface area contributed by atoms with Crippen LogP contribution in [0.2, 0.25) is 5.02 Å². The molecule has 0 aliphatic rings. The van der Waals surface area contributed by atoms with E-state index in [0.29, 0.717) is 23.6 Å². The van der Waals surface area contributed by atoms with E-state index >= 15 is 0 Å². The zero-order chi connectivity index (χ0) is 10.4. The van der Waals surface area contributed by atoms with Gasteiger partial charge in [-0.25, -0.2) is 0 Å². The summed E-state index contributed by atoms with van der Waals surface area (Å²) in [6, 6.07) is 7.13. The monoisotopic (exact) mass is 204 g/mol. The molecule has 0 radical (unpaired) electrons. The number of nitriles is 1. The molecule has 0 spiro atoms. The molecule has 0 amide bonds. The number of rotatable bonds is 3. The van der Waals surface area contributed by atoms with Crippen LogP contribution in [0.25, 0.3) is 0 Å². The van der Waals surface area contributed by atoms with Crippen LogP contribution in [0.3, 0.4) is 0 Å². The first-order chi connectivity index (χ1) is 6.77. The molecule has 0 fully saturated rings. The van der Waals surface area contributed by atoms with Gasteiger partial charge in [0.2, 0.25) is 0 Å². The molecular formula is C11H9ClN2. The molecule has 0 aromatic heterocycles. The van der Waals surface area contributed by atoms with E-state index in [9.17, 15) is 0 Å². The molecule has 0 heterocycles. The number of nitrogens with one attached hydrogen (secondary N) is 1. The molecule has 0 atom stereocenters. The van der Waals surface area contributed by atoms with E-state index in [0.717, 1.165) is 5.69 Å². The third kappa shape index (κ3) is 2.69. The summed E-state index contributed by atoms with van der Waals surface area (Å²) in [7, 11) is 0. The molecule has 1 N–H and O–H groups in total. The Kier molecular flexibility index (Phi) is 3.85. The fourth-order valence-corrected chi connectivity index (χ4v) is 1.24. The van der Waals surface area contributed by atoms with Crippen molar-refractivity contribution in [2.45, 2.75) is 6.42 Å². The lowest BCUT2D eigenvalue weighted by Crippen LogP contribution is -2.00. The first kappa shape index (κ1) is 10.4. The fraction of sp³-hybridized carbons (Fsp3) is 0.182. The lowest BCUT2D eigenvalue weighted by Gasteiger charge is -2.06. The summed E-state index contributed by atoms with van der Waals surface area (Å²) in [5, 5.41) is 12.2. The molecule has 3 heteroatoms. The van der Waals surface area contributed by atoms with E-state index in [2.05, 4.69) is 11.2 Å². The van der Waals surface area contributed by atoms with Gasteiger partial charge < -0.3 is 5.32 Å². The quantitative estimate of drug-likeness (QED) is 0.607. The highest BCUT2D eigenvalue weighted by atomic mass is 35.5.